The fourth-order valence-corrected chi connectivity index (χ4v) is 1.19. The van der Waals surface area contributed by atoms with Gasteiger partial charge in [-0.25, -0.2) is 0 Å². The van der Waals surface area contributed by atoms with Crippen molar-refractivity contribution in [2.75, 3.05) is 14.2 Å². The van der Waals surface area contributed by atoms with Crippen LogP contribution in [0.2, 0.25) is 0 Å². The number of nitrogens with two attached hydrogens (primary N) is 1. The van der Waals surface area contributed by atoms with Crippen LogP contribution in [0.4, 0.5) is 0 Å². The third kappa shape index (κ3) is 2.12. The minimum atomic E-state index is -0.0270. The van der Waals surface area contributed by atoms with Crippen LogP contribution in [-0.2, 0) is 0 Å². The van der Waals surface area contributed by atoms with E-state index in [0.717, 1.165) is 17.1 Å². The number of benzene rings is 1. The molecule has 0 amide bonds. The fraction of sp³-hybridized carbons (Fsp3) is 0.400. The molecule has 1 atom stereocenters. The van der Waals surface area contributed by atoms with Crippen molar-refractivity contribution in [3.05, 3.63) is 23.8 Å². The summed E-state index contributed by atoms with van der Waals surface area (Å²) in [6.07, 6.45) is 0. The molecule has 0 saturated heterocycles. The Morgan fingerprint density at radius 2 is 1.92 bits per heavy atom. The van der Waals surface area contributed by atoms with Gasteiger partial charge < -0.3 is 15.2 Å². The van der Waals surface area contributed by atoms with Gasteiger partial charge in [0.25, 0.3) is 0 Å². The van der Waals surface area contributed by atoms with Gasteiger partial charge in [-0.3, -0.25) is 0 Å². The molecule has 0 saturated carbocycles. The van der Waals surface area contributed by atoms with Gasteiger partial charge in [0, 0.05) is 17.7 Å². The lowest BCUT2D eigenvalue weighted by Crippen LogP contribution is -2.06. The Labute approximate surface area is 78.5 Å². The molecule has 0 aliphatic carbocycles. The summed E-state index contributed by atoms with van der Waals surface area (Å²) in [6, 6.07) is 5.60. The van der Waals surface area contributed by atoms with E-state index in [1.807, 2.05) is 25.1 Å². The first kappa shape index (κ1) is 9.86. The maximum Gasteiger partial charge on any atom is 0.127 e. The van der Waals surface area contributed by atoms with Crippen molar-refractivity contribution in [2.24, 2.45) is 5.73 Å². The third-order valence-corrected chi connectivity index (χ3v) is 1.93. The zero-order valence-electron chi connectivity index (χ0n) is 8.20. The lowest BCUT2D eigenvalue weighted by Gasteiger charge is -2.12. The molecule has 0 aliphatic rings. The van der Waals surface area contributed by atoms with E-state index in [2.05, 4.69) is 0 Å². The topological polar surface area (TPSA) is 44.5 Å². The van der Waals surface area contributed by atoms with Gasteiger partial charge in [0.1, 0.15) is 11.5 Å². The van der Waals surface area contributed by atoms with Gasteiger partial charge in [-0.2, -0.15) is 0 Å². The number of rotatable bonds is 3. The predicted octanol–water partition coefficient (Wildman–Crippen LogP) is 1.72. The summed E-state index contributed by atoms with van der Waals surface area (Å²) < 4.78 is 10.3. The molecule has 2 N–H and O–H groups in total. The third-order valence-electron chi connectivity index (χ3n) is 1.93. The predicted molar refractivity (Wildman–Crippen MR) is 52.1 cm³/mol. The van der Waals surface area contributed by atoms with E-state index in [1.165, 1.54) is 0 Å². The highest BCUT2D eigenvalue weighted by atomic mass is 16.5. The van der Waals surface area contributed by atoms with Crippen LogP contribution in [0.15, 0.2) is 18.2 Å². The van der Waals surface area contributed by atoms with Crippen LogP contribution < -0.4 is 15.2 Å². The van der Waals surface area contributed by atoms with Crippen molar-refractivity contribution in [3.8, 4) is 11.5 Å². The van der Waals surface area contributed by atoms with Gasteiger partial charge >= 0.3 is 0 Å². The number of ether oxygens (including phenoxy) is 2. The molecule has 0 aromatic heterocycles. The molecule has 0 unspecified atom stereocenters. The largest absolute Gasteiger partial charge is 0.497 e. The normalized spacial score (nSPS) is 12.3. The molecule has 1 rings (SSSR count). The van der Waals surface area contributed by atoms with E-state index in [9.17, 15) is 0 Å². The minimum absolute atomic E-state index is 0.0270. The molecule has 72 valence electrons. The van der Waals surface area contributed by atoms with Gasteiger partial charge in [0.15, 0.2) is 0 Å². The summed E-state index contributed by atoms with van der Waals surface area (Å²) in [5.41, 5.74) is 6.75. The van der Waals surface area contributed by atoms with Crippen LogP contribution in [-0.4, -0.2) is 14.2 Å². The second-order valence-electron chi connectivity index (χ2n) is 2.90. The highest BCUT2D eigenvalue weighted by Gasteiger charge is 2.07. The van der Waals surface area contributed by atoms with Gasteiger partial charge in [0.2, 0.25) is 0 Å². The molecule has 0 aliphatic heterocycles. The number of hydrogen-bond donors (Lipinski definition) is 1. The Kier molecular flexibility index (Phi) is 3.14. The molecule has 3 nitrogen and oxygen atoms in total. The molecular formula is C10H15NO2. The summed E-state index contributed by atoms with van der Waals surface area (Å²) in [4.78, 5) is 0. The molecule has 0 bridgehead atoms. The molecule has 1 aromatic rings. The van der Waals surface area contributed by atoms with Crippen molar-refractivity contribution >= 4 is 0 Å². The average molecular weight is 181 g/mol. The Bertz CT molecular complexity index is 284. The van der Waals surface area contributed by atoms with Crippen LogP contribution in [0.3, 0.4) is 0 Å². The highest BCUT2D eigenvalue weighted by molar-refractivity contribution is 5.42. The maximum absolute atomic E-state index is 5.76. The zero-order chi connectivity index (χ0) is 9.84. The summed E-state index contributed by atoms with van der Waals surface area (Å²) in [5, 5.41) is 0. The van der Waals surface area contributed by atoms with Crippen molar-refractivity contribution < 1.29 is 9.47 Å². The number of hydrogen-bond acceptors (Lipinski definition) is 3. The second kappa shape index (κ2) is 4.14. The van der Waals surface area contributed by atoms with E-state index in [4.69, 9.17) is 15.2 Å². The van der Waals surface area contributed by atoms with E-state index >= 15 is 0 Å². The molecule has 0 fully saturated rings. The molecular weight excluding hydrogens is 166 g/mol. The monoisotopic (exact) mass is 181 g/mol. The summed E-state index contributed by atoms with van der Waals surface area (Å²) in [7, 11) is 3.25. The zero-order valence-corrected chi connectivity index (χ0v) is 8.20. The lowest BCUT2D eigenvalue weighted by molar-refractivity contribution is 0.389. The minimum Gasteiger partial charge on any atom is -0.497 e. The first-order chi connectivity index (χ1) is 6.19. The quantitative estimate of drug-likeness (QED) is 0.772. The van der Waals surface area contributed by atoms with Crippen molar-refractivity contribution in [1.82, 2.24) is 0 Å². The molecule has 13 heavy (non-hydrogen) atoms. The lowest BCUT2D eigenvalue weighted by atomic mass is 10.1. The Hall–Kier alpha value is -1.22. The van der Waals surface area contributed by atoms with Gasteiger partial charge in [-0.15, -0.1) is 0 Å². The number of methoxy groups -OCH3 is 2. The Morgan fingerprint density at radius 1 is 1.23 bits per heavy atom. The van der Waals surface area contributed by atoms with E-state index in [1.54, 1.807) is 14.2 Å². The smallest absolute Gasteiger partial charge is 0.127 e. The SMILES string of the molecule is COc1ccc([C@@H](C)N)c(OC)c1. The Balaban J connectivity index is 3.08. The Morgan fingerprint density at radius 3 is 2.38 bits per heavy atom. The highest BCUT2D eigenvalue weighted by Crippen LogP contribution is 2.27. The first-order valence-electron chi connectivity index (χ1n) is 4.16. The van der Waals surface area contributed by atoms with Crippen LogP contribution in [0.1, 0.15) is 18.5 Å². The van der Waals surface area contributed by atoms with Crippen molar-refractivity contribution in [2.45, 2.75) is 13.0 Å². The summed E-state index contributed by atoms with van der Waals surface area (Å²) in [6.45, 7) is 1.92. The van der Waals surface area contributed by atoms with Crippen LogP contribution in [0.25, 0.3) is 0 Å². The second-order valence-corrected chi connectivity index (χ2v) is 2.90. The summed E-state index contributed by atoms with van der Waals surface area (Å²) in [5.74, 6) is 1.55. The van der Waals surface area contributed by atoms with Gasteiger partial charge in [-0.1, -0.05) is 6.07 Å². The van der Waals surface area contributed by atoms with Crippen LogP contribution >= 0.6 is 0 Å². The van der Waals surface area contributed by atoms with Crippen molar-refractivity contribution in [1.29, 1.82) is 0 Å². The van der Waals surface area contributed by atoms with E-state index in [0.29, 0.717) is 0 Å². The maximum atomic E-state index is 5.76. The molecule has 3 heteroatoms. The van der Waals surface area contributed by atoms with Gasteiger partial charge in [0.05, 0.1) is 14.2 Å². The average Bonchev–Trinajstić information content (AvgIpc) is 2.16. The fourth-order valence-electron chi connectivity index (χ4n) is 1.19. The molecule has 0 heterocycles. The first-order valence-corrected chi connectivity index (χ1v) is 4.16. The molecule has 0 spiro atoms. The van der Waals surface area contributed by atoms with Crippen molar-refractivity contribution in [3.63, 3.8) is 0 Å². The molecule has 1 aromatic carbocycles. The molecule has 0 radical (unpaired) electrons. The van der Waals surface area contributed by atoms with Crippen LogP contribution in [0, 0.1) is 0 Å². The van der Waals surface area contributed by atoms with E-state index < -0.39 is 0 Å². The summed E-state index contributed by atoms with van der Waals surface area (Å²) >= 11 is 0. The standard InChI is InChI=1S/C10H15NO2/c1-7(11)9-5-4-8(12-2)6-10(9)13-3/h4-7H,11H2,1-3H3/t7-/m1/s1. The van der Waals surface area contributed by atoms with Gasteiger partial charge in [-0.05, 0) is 13.0 Å². The van der Waals surface area contributed by atoms with Crippen LogP contribution in [0.5, 0.6) is 11.5 Å². The van der Waals surface area contributed by atoms with E-state index in [-0.39, 0.29) is 6.04 Å².